The molecule has 1 fully saturated rings. The highest BCUT2D eigenvalue weighted by Crippen LogP contribution is 2.28. The van der Waals surface area contributed by atoms with Crippen molar-refractivity contribution in [2.45, 2.75) is 12.5 Å². The molecule has 0 unspecified atom stereocenters. The Bertz CT molecular complexity index is 1340. The monoisotopic (exact) mass is 558 g/mol. The van der Waals surface area contributed by atoms with Gasteiger partial charge in [0.2, 0.25) is 5.91 Å². The number of rotatable bonds is 9. The smallest absolute Gasteiger partial charge is 0.287 e. The molecule has 2 amide bonds. The van der Waals surface area contributed by atoms with Crippen molar-refractivity contribution in [1.82, 2.24) is 9.88 Å². The van der Waals surface area contributed by atoms with Crippen molar-refractivity contribution < 1.29 is 14.5 Å². The highest BCUT2D eigenvalue weighted by molar-refractivity contribution is 7.80. The first-order chi connectivity index (χ1) is 17.7. The molecule has 1 saturated heterocycles. The molecule has 2 heterocycles. The molecule has 1 aliphatic heterocycles. The minimum absolute atomic E-state index is 0.122. The average molecular weight is 559 g/mol. The van der Waals surface area contributed by atoms with Crippen LogP contribution in [0.4, 0.5) is 22.9 Å². The quantitative estimate of drug-likeness (QED) is 0.219. The number of carbonyl (C=O) groups is 2. The van der Waals surface area contributed by atoms with Gasteiger partial charge in [-0.05, 0) is 48.6 Å². The summed E-state index contributed by atoms with van der Waals surface area (Å²) in [7, 11) is 0. The summed E-state index contributed by atoms with van der Waals surface area (Å²) in [4.78, 5) is 43.7. The number of amides is 2. The number of para-hydroxylation sites is 1. The zero-order valence-corrected chi connectivity index (χ0v) is 21.5. The summed E-state index contributed by atoms with van der Waals surface area (Å²) < 4.78 is 0. The van der Waals surface area contributed by atoms with Crippen molar-refractivity contribution in [3.05, 3.63) is 87.0 Å². The predicted octanol–water partition coefficient (Wildman–Crippen LogP) is 4.74. The Kier molecular flexibility index (Phi) is 8.17. The summed E-state index contributed by atoms with van der Waals surface area (Å²) in [6, 6.07) is 15.6. The van der Waals surface area contributed by atoms with Crippen molar-refractivity contribution in [3.8, 4) is 0 Å². The normalized spacial score (nSPS) is 15.1. The maximum atomic E-state index is 13.4. The first-order valence-corrected chi connectivity index (χ1v) is 12.2. The summed E-state index contributed by atoms with van der Waals surface area (Å²) in [6.45, 7) is 0.586. The van der Waals surface area contributed by atoms with Gasteiger partial charge in [-0.15, -0.1) is 0 Å². The molecule has 0 aliphatic carbocycles. The molecule has 2 aromatic carbocycles. The number of nitrogens with one attached hydrogen (secondary N) is 2. The number of halogens is 2. The third kappa shape index (κ3) is 6.13. The van der Waals surface area contributed by atoms with E-state index >= 15 is 0 Å². The summed E-state index contributed by atoms with van der Waals surface area (Å²) in [5, 5.41) is 17.5. The molecule has 37 heavy (non-hydrogen) atoms. The maximum Gasteiger partial charge on any atom is 0.287 e. The van der Waals surface area contributed by atoms with Crippen LogP contribution in [0.5, 0.6) is 0 Å². The van der Waals surface area contributed by atoms with E-state index in [9.17, 15) is 19.7 Å². The Morgan fingerprint density at radius 1 is 1.11 bits per heavy atom. The van der Waals surface area contributed by atoms with E-state index < -0.39 is 16.9 Å². The molecule has 3 aromatic rings. The number of thiocarbonyl (C=S) groups is 1. The predicted molar refractivity (Wildman–Crippen MR) is 146 cm³/mol. The van der Waals surface area contributed by atoms with E-state index in [4.69, 9.17) is 35.4 Å². The number of benzene rings is 2. The number of hydrogen-bond acceptors (Lipinski definition) is 7. The lowest BCUT2D eigenvalue weighted by Crippen LogP contribution is -2.40. The molecule has 1 aliphatic rings. The van der Waals surface area contributed by atoms with Gasteiger partial charge in [0.05, 0.1) is 27.1 Å². The van der Waals surface area contributed by atoms with Crippen LogP contribution in [0.25, 0.3) is 0 Å². The highest BCUT2D eigenvalue weighted by atomic mass is 35.5. The van der Waals surface area contributed by atoms with Crippen LogP contribution in [0, 0.1) is 10.1 Å². The zero-order valence-electron chi connectivity index (χ0n) is 19.1. The van der Waals surface area contributed by atoms with Crippen LogP contribution < -0.4 is 15.5 Å². The number of nitrogens with zero attached hydrogens (tertiary/aromatic N) is 4. The third-order valence-corrected chi connectivity index (χ3v) is 6.69. The van der Waals surface area contributed by atoms with Gasteiger partial charge < -0.3 is 15.5 Å². The summed E-state index contributed by atoms with van der Waals surface area (Å²) in [5.41, 5.74) is 0.924. The van der Waals surface area contributed by atoms with Gasteiger partial charge in [-0.2, -0.15) is 0 Å². The van der Waals surface area contributed by atoms with Crippen molar-refractivity contribution >= 4 is 75.2 Å². The lowest BCUT2D eigenvalue weighted by molar-refractivity contribution is -0.385. The SMILES string of the molecule is O=C(C[C@@H]1C(=O)N(c2ccccc2)C(=S)N1CCNc1ccc([N+](=O)[O-])cn1)Nc1ccc(Cl)c(Cl)c1. The van der Waals surface area contributed by atoms with E-state index in [1.807, 2.05) is 6.07 Å². The molecular weight excluding hydrogens is 539 g/mol. The molecule has 0 spiro atoms. The molecule has 0 saturated carbocycles. The molecule has 1 atom stereocenters. The summed E-state index contributed by atoms with van der Waals surface area (Å²) >= 11 is 17.6. The van der Waals surface area contributed by atoms with Gasteiger partial charge >= 0.3 is 0 Å². The second kappa shape index (κ2) is 11.5. The van der Waals surface area contributed by atoms with Crippen LogP contribution in [0.3, 0.4) is 0 Å². The minimum Gasteiger partial charge on any atom is -0.368 e. The Hall–Kier alpha value is -3.80. The van der Waals surface area contributed by atoms with Gasteiger partial charge in [0.1, 0.15) is 18.1 Å². The van der Waals surface area contributed by atoms with Crippen molar-refractivity contribution in [2.75, 3.05) is 28.6 Å². The van der Waals surface area contributed by atoms with E-state index in [2.05, 4.69) is 15.6 Å². The summed E-state index contributed by atoms with van der Waals surface area (Å²) in [5.74, 6) is -0.297. The topological polar surface area (TPSA) is 121 Å². The van der Waals surface area contributed by atoms with Gasteiger partial charge in [-0.25, -0.2) is 4.98 Å². The molecule has 1 aromatic heterocycles. The fourth-order valence-electron chi connectivity index (χ4n) is 3.77. The van der Waals surface area contributed by atoms with E-state index in [-0.39, 0.29) is 29.7 Å². The Morgan fingerprint density at radius 3 is 2.51 bits per heavy atom. The maximum absolute atomic E-state index is 13.4. The lowest BCUT2D eigenvalue weighted by atomic mass is 10.1. The van der Waals surface area contributed by atoms with Crippen molar-refractivity contribution in [2.24, 2.45) is 0 Å². The standard InChI is InChI=1S/C24H20Cl2N6O4S/c25-18-8-6-15(12-19(18)26)29-22(33)13-20-23(34)31(16-4-2-1-3-5-16)24(37)30(20)11-10-27-21-9-7-17(14-28-21)32(35)36/h1-9,12,14,20H,10-11,13H2,(H,27,28)(H,29,33)/t20-/m1/s1. The number of carbonyl (C=O) groups excluding carboxylic acids is 2. The average Bonchev–Trinajstić information content (AvgIpc) is 3.11. The molecule has 13 heteroatoms. The van der Waals surface area contributed by atoms with Crippen molar-refractivity contribution in [1.29, 1.82) is 0 Å². The van der Waals surface area contributed by atoms with Gasteiger partial charge in [0.25, 0.3) is 11.6 Å². The van der Waals surface area contributed by atoms with Gasteiger partial charge in [0, 0.05) is 24.8 Å². The molecule has 2 N–H and O–H groups in total. The van der Waals surface area contributed by atoms with Crippen LogP contribution in [-0.2, 0) is 9.59 Å². The first-order valence-electron chi connectivity index (χ1n) is 11.0. The van der Waals surface area contributed by atoms with E-state index in [0.29, 0.717) is 33.8 Å². The molecular formula is C24H20Cl2N6O4S. The van der Waals surface area contributed by atoms with Gasteiger partial charge in [-0.3, -0.25) is 24.6 Å². The Balaban J connectivity index is 1.49. The van der Waals surface area contributed by atoms with Gasteiger partial charge in [-0.1, -0.05) is 41.4 Å². The van der Waals surface area contributed by atoms with Gasteiger partial charge in [0.15, 0.2) is 5.11 Å². The lowest BCUT2D eigenvalue weighted by Gasteiger charge is -2.24. The molecule has 4 rings (SSSR count). The fraction of sp³-hybridized carbons (Fsp3) is 0.167. The number of pyridine rings is 1. The number of nitro groups is 1. The Labute approximate surface area is 227 Å². The molecule has 0 bridgehead atoms. The zero-order chi connectivity index (χ0) is 26.5. The minimum atomic E-state index is -0.845. The van der Waals surface area contributed by atoms with Crippen LogP contribution >= 0.6 is 35.4 Å². The molecule has 10 nitrogen and oxygen atoms in total. The van der Waals surface area contributed by atoms with Crippen LogP contribution in [0.1, 0.15) is 6.42 Å². The second-order valence-electron chi connectivity index (χ2n) is 7.97. The van der Waals surface area contributed by atoms with E-state index in [1.165, 1.54) is 23.1 Å². The van der Waals surface area contributed by atoms with Crippen LogP contribution in [0.2, 0.25) is 10.0 Å². The Morgan fingerprint density at radius 2 is 1.86 bits per heavy atom. The number of aromatic nitrogens is 1. The number of hydrogen-bond donors (Lipinski definition) is 2. The molecule has 0 radical (unpaired) electrons. The van der Waals surface area contributed by atoms with Crippen LogP contribution in [0.15, 0.2) is 66.9 Å². The molecule has 190 valence electrons. The van der Waals surface area contributed by atoms with Crippen molar-refractivity contribution in [3.63, 3.8) is 0 Å². The van der Waals surface area contributed by atoms with E-state index in [0.717, 1.165) is 6.20 Å². The summed E-state index contributed by atoms with van der Waals surface area (Å²) in [6.07, 6.45) is 0.998. The van der Waals surface area contributed by atoms with Crippen LogP contribution in [-0.4, -0.2) is 50.9 Å². The number of anilines is 3. The first kappa shape index (κ1) is 26.3. The van der Waals surface area contributed by atoms with E-state index in [1.54, 1.807) is 41.3 Å². The third-order valence-electron chi connectivity index (χ3n) is 5.53. The largest absolute Gasteiger partial charge is 0.368 e. The fourth-order valence-corrected chi connectivity index (χ4v) is 4.48. The second-order valence-corrected chi connectivity index (χ2v) is 9.15. The highest BCUT2D eigenvalue weighted by Gasteiger charge is 2.43.